The Balaban J connectivity index is 2.38. The number of benzene rings is 1. The average Bonchev–Trinajstić information content (AvgIpc) is 2.23. The van der Waals surface area contributed by atoms with Gasteiger partial charge in [-0.25, -0.2) is 0 Å². The van der Waals surface area contributed by atoms with Crippen LogP contribution in [0, 0.1) is 6.92 Å². The van der Waals surface area contributed by atoms with Crippen molar-refractivity contribution < 1.29 is 17.9 Å². The molecule has 0 heterocycles. The monoisotopic (exact) mass is 345 g/mol. The highest BCUT2D eigenvalue weighted by Gasteiger charge is 2.27. The molecule has 0 aliphatic carbocycles. The van der Waals surface area contributed by atoms with Crippen molar-refractivity contribution >= 4 is 33.2 Å². The standard InChI is InChI=1S/C11H12BrClF3NO/c1-7-4-8(12)10(5-9(7)13)17-2-3-18-6-11(14,15)16/h4-5,17H,2-3,6H2,1H3. The number of anilines is 1. The van der Waals surface area contributed by atoms with Crippen molar-refractivity contribution in [3.8, 4) is 0 Å². The molecule has 0 fully saturated rings. The van der Waals surface area contributed by atoms with Crippen molar-refractivity contribution in [2.75, 3.05) is 25.1 Å². The highest BCUT2D eigenvalue weighted by atomic mass is 79.9. The lowest BCUT2D eigenvalue weighted by Crippen LogP contribution is -2.20. The molecule has 0 radical (unpaired) electrons. The zero-order valence-corrected chi connectivity index (χ0v) is 11.9. The third kappa shape index (κ3) is 5.46. The third-order valence-corrected chi connectivity index (χ3v) is 3.14. The van der Waals surface area contributed by atoms with Crippen molar-refractivity contribution in [1.82, 2.24) is 0 Å². The fourth-order valence-electron chi connectivity index (χ4n) is 1.23. The molecule has 0 aliphatic heterocycles. The number of hydrogen-bond acceptors (Lipinski definition) is 2. The van der Waals surface area contributed by atoms with Crippen molar-refractivity contribution in [2.45, 2.75) is 13.1 Å². The van der Waals surface area contributed by atoms with Crippen LogP contribution in [-0.2, 0) is 4.74 Å². The zero-order chi connectivity index (χ0) is 13.8. The van der Waals surface area contributed by atoms with Crippen LogP contribution in [0.1, 0.15) is 5.56 Å². The van der Waals surface area contributed by atoms with E-state index in [-0.39, 0.29) is 13.2 Å². The SMILES string of the molecule is Cc1cc(Br)c(NCCOCC(F)(F)F)cc1Cl. The Kier molecular flexibility index (Phi) is 5.75. The summed E-state index contributed by atoms with van der Waals surface area (Å²) in [6.45, 7) is 0.874. The van der Waals surface area contributed by atoms with Crippen LogP contribution in [0.4, 0.5) is 18.9 Å². The van der Waals surface area contributed by atoms with Crippen LogP contribution in [0.25, 0.3) is 0 Å². The quantitative estimate of drug-likeness (QED) is 0.798. The largest absolute Gasteiger partial charge is 0.411 e. The molecule has 0 saturated carbocycles. The normalized spacial score (nSPS) is 11.7. The maximum absolute atomic E-state index is 11.8. The van der Waals surface area contributed by atoms with Crippen LogP contribution < -0.4 is 5.32 Å². The second-order valence-electron chi connectivity index (χ2n) is 3.68. The Morgan fingerprint density at radius 2 is 2.06 bits per heavy atom. The number of rotatable bonds is 5. The first kappa shape index (κ1) is 15.6. The molecule has 2 nitrogen and oxygen atoms in total. The molecular weight excluding hydrogens is 334 g/mol. The molecule has 1 N–H and O–H groups in total. The lowest BCUT2D eigenvalue weighted by Gasteiger charge is -2.11. The molecule has 0 aromatic heterocycles. The molecule has 0 atom stereocenters. The highest BCUT2D eigenvalue weighted by molar-refractivity contribution is 9.10. The second-order valence-corrected chi connectivity index (χ2v) is 4.94. The molecule has 1 rings (SSSR count). The summed E-state index contributed by atoms with van der Waals surface area (Å²) in [5.41, 5.74) is 1.64. The van der Waals surface area contributed by atoms with E-state index in [0.29, 0.717) is 5.02 Å². The van der Waals surface area contributed by atoms with Crippen LogP contribution in [0.15, 0.2) is 16.6 Å². The fourth-order valence-corrected chi connectivity index (χ4v) is 1.99. The minimum Gasteiger partial charge on any atom is -0.382 e. The zero-order valence-electron chi connectivity index (χ0n) is 9.57. The van der Waals surface area contributed by atoms with Crippen molar-refractivity contribution in [1.29, 1.82) is 0 Å². The van der Waals surface area contributed by atoms with E-state index in [9.17, 15) is 13.2 Å². The van der Waals surface area contributed by atoms with Crippen molar-refractivity contribution in [2.24, 2.45) is 0 Å². The van der Waals surface area contributed by atoms with Crippen LogP contribution >= 0.6 is 27.5 Å². The van der Waals surface area contributed by atoms with Crippen molar-refractivity contribution in [3.63, 3.8) is 0 Å². The van der Waals surface area contributed by atoms with Crippen LogP contribution in [-0.4, -0.2) is 25.9 Å². The van der Waals surface area contributed by atoms with E-state index in [4.69, 9.17) is 11.6 Å². The van der Waals surface area contributed by atoms with Gasteiger partial charge in [0, 0.05) is 16.0 Å². The smallest absolute Gasteiger partial charge is 0.382 e. The predicted molar refractivity (Wildman–Crippen MR) is 69.3 cm³/mol. The van der Waals surface area contributed by atoms with Crippen molar-refractivity contribution in [3.05, 3.63) is 27.2 Å². The lowest BCUT2D eigenvalue weighted by molar-refractivity contribution is -0.172. The number of hydrogen-bond donors (Lipinski definition) is 1. The van der Waals surface area contributed by atoms with Gasteiger partial charge in [-0.2, -0.15) is 13.2 Å². The van der Waals surface area contributed by atoms with E-state index in [1.807, 2.05) is 13.0 Å². The van der Waals surface area contributed by atoms with Gasteiger partial charge >= 0.3 is 6.18 Å². The van der Waals surface area contributed by atoms with Crippen LogP contribution in [0.5, 0.6) is 0 Å². The molecule has 7 heteroatoms. The summed E-state index contributed by atoms with van der Waals surface area (Å²) in [6, 6.07) is 3.55. The van der Waals surface area contributed by atoms with Crippen LogP contribution in [0.3, 0.4) is 0 Å². The van der Waals surface area contributed by atoms with Gasteiger partial charge in [-0.3, -0.25) is 0 Å². The van der Waals surface area contributed by atoms with E-state index in [2.05, 4.69) is 26.0 Å². The maximum atomic E-state index is 11.8. The molecular formula is C11H12BrClF3NO. The van der Waals surface area contributed by atoms with E-state index in [1.165, 1.54) is 0 Å². The van der Waals surface area contributed by atoms with Gasteiger partial charge < -0.3 is 10.1 Å². The number of aryl methyl sites for hydroxylation is 1. The van der Waals surface area contributed by atoms with Gasteiger partial charge in [-0.1, -0.05) is 11.6 Å². The van der Waals surface area contributed by atoms with Gasteiger partial charge in [0.05, 0.1) is 12.3 Å². The molecule has 0 bridgehead atoms. The Hall–Kier alpha value is -0.460. The number of nitrogens with one attached hydrogen (secondary N) is 1. The molecule has 0 spiro atoms. The number of halogens is 5. The topological polar surface area (TPSA) is 21.3 Å². The maximum Gasteiger partial charge on any atom is 0.411 e. The fraction of sp³-hybridized carbons (Fsp3) is 0.455. The van der Waals surface area contributed by atoms with E-state index < -0.39 is 12.8 Å². The molecule has 18 heavy (non-hydrogen) atoms. The Morgan fingerprint density at radius 3 is 2.67 bits per heavy atom. The van der Waals surface area contributed by atoms with Gasteiger partial charge in [0.2, 0.25) is 0 Å². The van der Waals surface area contributed by atoms with Gasteiger partial charge in [-0.15, -0.1) is 0 Å². The molecule has 0 amide bonds. The predicted octanol–water partition coefficient (Wildman–Crippen LogP) is 4.40. The van der Waals surface area contributed by atoms with Gasteiger partial charge in [0.1, 0.15) is 6.61 Å². The first-order chi connectivity index (χ1) is 8.29. The first-order valence-corrected chi connectivity index (χ1v) is 6.31. The average molecular weight is 347 g/mol. The highest BCUT2D eigenvalue weighted by Crippen LogP contribution is 2.28. The van der Waals surface area contributed by atoms with E-state index in [1.54, 1.807) is 6.07 Å². The minimum absolute atomic E-state index is 0.0303. The second kappa shape index (κ2) is 6.63. The molecule has 1 aromatic carbocycles. The summed E-state index contributed by atoms with van der Waals surface area (Å²) in [5, 5.41) is 3.54. The molecule has 0 saturated heterocycles. The summed E-state index contributed by atoms with van der Waals surface area (Å²) in [4.78, 5) is 0. The molecule has 0 unspecified atom stereocenters. The van der Waals surface area contributed by atoms with E-state index in [0.717, 1.165) is 15.7 Å². The summed E-state index contributed by atoms with van der Waals surface area (Å²) < 4.78 is 40.7. The van der Waals surface area contributed by atoms with E-state index >= 15 is 0 Å². The Morgan fingerprint density at radius 1 is 1.39 bits per heavy atom. The first-order valence-electron chi connectivity index (χ1n) is 5.13. The summed E-state index contributed by atoms with van der Waals surface area (Å²) in [7, 11) is 0. The van der Waals surface area contributed by atoms with Gasteiger partial charge in [-0.05, 0) is 40.5 Å². The minimum atomic E-state index is -4.28. The summed E-state index contributed by atoms with van der Waals surface area (Å²) in [5.74, 6) is 0. The Labute approximate surface area is 117 Å². The third-order valence-electron chi connectivity index (χ3n) is 2.08. The number of ether oxygens (including phenoxy) is 1. The summed E-state index contributed by atoms with van der Waals surface area (Å²) >= 11 is 9.29. The Bertz CT molecular complexity index is 412. The summed E-state index contributed by atoms with van der Waals surface area (Å²) in [6.07, 6.45) is -4.28. The van der Waals surface area contributed by atoms with Gasteiger partial charge in [0.15, 0.2) is 0 Å². The molecule has 0 aliphatic rings. The lowest BCUT2D eigenvalue weighted by atomic mass is 10.2. The molecule has 102 valence electrons. The van der Waals surface area contributed by atoms with Crippen LogP contribution in [0.2, 0.25) is 5.02 Å². The molecule has 1 aromatic rings. The number of alkyl halides is 3. The van der Waals surface area contributed by atoms with Gasteiger partial charge in [0.25, 0.3) is 0 Å².